The number of aromatic nitrogens is 4. The maximum atomic E-state index is 14.5. The van der Waals surface area contributed by atoms with Crippen LogP contribution >= 0.6 is 22.9 Å². The van der Waals surface area contributed by atoms with Gasteiger partial charge in [-0.2, -0.15) is 15.0 Å². The van der Waals surface area contributed by atoms with Gasteiger partial charge in [0, 0.05) is 68.6 Å². The second-order valence-electron chi connectivity index (χ2n) is 22.1. The maximum absolute atomic E-state index is 14.5. The van der Waals surface area contributed by atoms with Crippen molar-refractivity contribution in [1.82, 2.24) is 35.5 Å². The molecule has 20 nitrogen and oxygen atoms in total. The molecule has 450 valence electrons. The van der Waals surface area contributed by atoms with Crippen LogP contribution in [0.15, 0.2) is 95.3 Å². The van der Waals surface area contributed by atoms with Crippen molar-refractivity contribution in [2.24, 2.45) is 17.3 Å². The Balaban J connectivity index is 0.722. The minimum Gasteiger partial charge on any atom is -0.467 e. The predicted molar refractivity (Wildman–Crippen MR) is 316 cm³/mol. The molecular formula is C59H71ClF2N10O10S2. The van der Waals surface area contributed by atoms with Crippen molar-refractivity contribution in [3.05, 3.63) is 118 Å². The smallest absolute Gasteiger partial charge is 0.467 e. The number of piperazine rings is 1. The largest absolute Gasteiger partial charge is 0.586 e. The molecule has 2 fully saturated rings. The van der Waals surface area contributed by atoms with Crippen LogP contribution in [0.1, 0.15) is 68.5 Å². The number of hydrogen-bond acceptors (Lipinski definition) is 20. The highest BCUT2D eigenvalue weighted by Crippen LogP contribution is 2.48. The van der Waals surface area contributed by atoms with Crippen molar-refractivity contribution in [2.45, 2.75) is 82.9 Å². The zero-order valence-electron chi connectivity index (χ0n) is 47.7. The van der Waals surface area contributed by atoms with E-state index >= 15 is 0 Å². The van der Waals surface area contributed by atoms with E-state index in [1.54, 1.807) is 53.8 Å². The molecule has 84 heavy (non-hydrogen) atoms. The van der Waals surface area contributed by atoms with Crippen LogP contribution in [0.2, 0.25) is 5.02 Å². The lowest BCUT2D eigenvalue weighted by atomic mass is 9.77. The fourth-order valence-electron chi connectivity index (χ4n) is 10.6. The van der Waals surface area contributed by atoms with Crippen molar-refractivity contribution in [3.63, 3.8) is 0 Å². The lowest BCUT2D eigenvalue weighted by Gasteiger charge is -2.34. The number of aliphatic hydroxyl groups excluding tert-OH is 1. The van der Waals surface area contributed by atoms with E-state index in [2.05, 4.69) is 41.1 Å². The van der Waals surface area contributed by atoms with Gasteiger partial charge < -0.3 is 55.0 Å². The number of anilines is 4. The number of halogens is 3. The van der Waals surface area contributed by atoms with Crippen LogP contribution in [-0.2, 0) is 35.4 Å². The van der Waals surface area contributed by atoms with Crippen LogP contribution in [-0.4, -0.2) is 148 Å². The second kappa shape index (κ2) is 27.2. The van der Waals surface area contributed by atoms with Gasteiger partial charge in [0.25, 0.3) is 0 Å². The van der Waals surface area contributed by atoms with Crippen molar-refractivity contribution in [1.29, 1.82) is 0 Å². The zero-order valence-corrected chi connectivity index (χ0v) is 50.1. The standard InChI is InChI=1S/C59H71ClF2N10O10S2/c1-36-52(83-35-65-36)38-17-15-37(16-18-38)34-64-54(75)44-32-39(73)31-43(44)50(74)53(58(2,3)4)63-21-10-27-79-29-30-80-28-26-71-22-24-72(25-23-71)56-68-55(69-57(70-56)78-5)67-47-33-40(84(6,76)77)19-20-46(47)66-49(41-11-7-8-13-45(41)60)42-12-9-14-48-51(42)82-59(61,62)81-48/h7-9,11-20,33,35,39,43-44,49,53,63,66,73H,10,21-32,34H2,1-6H3,(H,64,75)(H,67,68,69,70)/t39-,43?,44?,49+,53?/m0/s1. The average molecular weight is 1220 g/mol. The third kappa shape index (κ3) is 15.6. The molecule has 1 aliphatic carbocycles. The number of ether oxygens (including phenoxy) is 5. The molecule has 9 rings (SSSR count). The van der Waals surface area contributed by atoms with Gasteiger partial charge in [-0.3, -0.25) is 14.5 Å². The van der Waals surface area contributed by atoms with E-state index in [1.165, 1.54) is 25.3 Å². The minimum absolute atomic E-state index is 0.0103. The molecule has 5 N–H and O–H groups in total. The van der Waals surface area contributed by atoms with Crippen molar-refractivity contribution >= 4 is 67.7 Å². The summed E-state index contributed by atoms with van der Waals surface area (Å²) in [5.74, 6) is -1.49. The number of Topliss-reactive ketones (excluding diaryl/α,β-unsaturated/α-hetero) is 1. The number of carbonyl (C=O) groups excluding carboxylic acids is 2. The number of para-hydroxylation sites is 1. The number of ketones is 1. The Morgan fingerprint density at radius 2 is 1.62 bits per heavy atom. The number of benzene rings is 4. The Hall–Kier alpha value is -6.64. The first kappa shape index (κ1) is 61.9. The number of amides is 1. The second-order valence-corrected chi connectivity index (χ2v) is 25.4. The summed E-state index contributed by atoms with van der Waals surface area (Å²) in [5, 5.41) is 24.0. The van der Waals surface area contributed by atoms with Gasteiger partial charge in [-0.05, 0) is 85.2 Å². The Morgan fingerprint density at radius 1 is 0.893 bits per heavy atom. The molecule has 5 atom stereocenters. The first-order valence-electron chi connectivity index (χ1n) is 27.8. The molecule has 3 aliphatic rings. The average Bonchev–Trinajstić information content (AvgIpc) is 4.03. The summed E-state index contributed by atoms with van der Waals surface area (Å²) in [6.45, 7) is 13.8. The molecule has 3 unspecified atom stereocenters. The fraction of sp³-hybridized carbons (Fsp3) is 0.458. The normalized spacial score (nSPS) is 18.5. The Morgan fingerprint density at radius 3 is 2.32 bits per heavy atom. The van der Waals surface area contributed by atoms with E-state index in [1.807, 2.05) is 62.4 Å². The van der Waals surface area contributed by atoms with Gasteiger partial charge in [-0.25, -0.2) is 13.4 Å². The van der Waals surface area contributed by atoms with Gasteiger partial charge in [0.2, 0.25) is 17.8 Å². The molecule has 25 heteroatoms. The number of hydrogen-bond donors (Lipinski definition) is 5. The van der Waals surface area contributed by atoms with Gasteiger partial charge in [-0.1, -0.05) is 87.0 Å². The molecule has 2 aromatic heterocycles. The summed E-state index contributed by atoms with van der Waals surface area (Å²) in [6.07, 6.45) is -2.40. The van der Waals surface area contributed by atoms with E-state index in [9.17, 15) is 31.9 Å². The molecule has 4 heterocycles. The molecule has 0 radical (unpaired) electrons. The molecule has 1 saturated carbocycles. The number of sulfone groups is 1. The minimum atomic E-state index is -3.90. The number of carbonyl (C=O) groups is 2. The van der Waals surface area contributed by atoms with Crippen molar-refractivity contribution in [3.8, 4) is 28.0 Å². The van der Waals surface area contributed by atoms with Gasteiger partial charge >= 0.3 is 12.3 Å². The SMILES string of the molecule is COc1nc(Nc2cc(S(C)(=O)=O)ccc2N[C@H](c2ccccc2Cl)c2cccc3c2OC(F)(F)O3)nc(N2CCN(CCOCCOCCCNC(C(=O)C3C[C@H](O)CC3C(=O)NCc3ccc(-c4scnc4C)cc3)C(C)(C)C)CC2)n1. The third-order valence-corrected chi connectivity index (χ3v) is 17.4. The van der Waals surface area contributed by atoms with Gasteiger partial charge in [-0.15, -0.1) is 20.1 Å². The van der Waals surface area contributed by atoms with E-state index < -0.39 is 51.6 Å². The number of nitrogens with zero attached hydrogens (tertiary/aromatic N) is 6. The number of alkyl halides is 2. The van der Waals surface area contributed by atoms with Gasteiger partial charge in [0.15, 0.2) is 27.1 Å². The Bertz CT molecular complexity index is 3370. The van der Waals surface area contributed by atoms with Crippen LogP contribution in [0.25, 0.3) is 10.4 Å². The Labute approximate surface area is 496 Å². The van der Waals surface area contributed by atoms with Crippen LogP contribution in [0, 0.1) is 24.2 Å². The molecule has 1 saturated heterocycles. The number of aryl methyl sites for hydroxylation is 1. The summed E-state index contributed by atoms with van der Waals surface area (Å²) in [6, 6.07) is 22.4. The zero-order chi connectivity index (χ0) is 59.8. The van der Waals surface area contributed by atoms with Crippen molar-refractivity contribution in [2.75, 3.05) is 94.6 Å². The summed E-state index contributed by atoms with van der Waals surface area (Å²) < 4.78 is 81.8. The highest BCUT2D eigenvalue weighted by atomic mass is 35.5. The summed E-state index contributed by atoms with van der Waals surface area (Å²) >= 11 is 8.31. The summed E-state index contributed by atoms with van der Waals surface area (Å²) in [7, 11) is -2.30. The molecule has 4 aromatic carbocycles. The first-order valence-corrected chi connectivity index (χ1v) is 30.9. The van der Waals surface area contributed by atoms with Gasteiger partial charge in [0.1, 0.15) is 0 Å². The molecule has 6 aromatic rings. The van der Waals surface area contributed by atoms with Crippen molar-refractivity contribution < 1.29 is 55.6 Å². The van der Waals surface area contributed by atoms with E-state index in [-0.39, 0.29) is 64.1 Å². The highest BCUT2D eigenvalue weighted by Gasteiger charge is 2.47. The quantitative estimate of drug-likeness (QED) is 0.0320. The molecule has 2 aliphatic heterocycles. The predicted octanol–water partition coefficient (Wildman–Crippen LogP) is 8.46. The first-order chi connectivity index (χ1) is 40.1. The summed E-state index contributed by atoms with van der Waals surface area (Å²) in [5.41, 5.74) is 5.72. The van der Waals surface area contributed by atoms with Gasteiger partial charge in [0.05, 0.1) is 83.4 Å². The number of fused-ring (bicyclic) bond motifs is 1. The third-order valence-electron chi connectivity index (χ3n) is 14.9. The number of methoxy groups -OCH3 is 1. The maximum Gasteiger partial charge on any atom is 0.586 e. The molecular weight excluding hydrogens is 1150 g/mol. The Kier molecular flexibility index (Phi) is 20.0. The number of rotatable bonds is 26. The lowest BCUT2D eigenvalue weighted by Crippen LogP contribution is -2.51. The number of aliphatic hydroxyl groups is 1. The summed E-state index contributed by atoms with van der Waals surface area (Å²) in [4.78, 5) is 51.1. The molecule has 1 amide bonds. The van der Waals surface area contributed by atoms with E-state index in [4.69, 9.17) is 40.3 Å². The van der Waals surface area contributed by atoms with Crippen LogP contribution in [0.3, 0.4) is 0 Å². The van der Waals surface area contributed by atoms with Crippen LogP contribution in [0.4, 0.5) is 32.1 Å². The fourth-order valence-corrected chi connectivity index (χ4v) is 12.3. The number of thiazole rings is 1. The number of nitrogens with one attached hydrogen (secondary N) is 4. The van der Waals surface area contributed by atoms with E-state index in [0.717, 1.165) is 28.0 Å². The lowest BCUT2D eigenvalue weighted by molar-refractivity contribution is -0.287. The van der Waals surface area contributed by atoms with Crippen LogP contribution < -0.4 is 40.4 Å². The van der Waals surface area contributed by atoms with Crippen LogP contribution in [0.5, 0.6) is 17.5 Å². The monoisotopic (exact) mass is 1220 g/mol. The topological polar surface area (TPSA) is 241 Å². The van der Waals surface area contributed by atoms with E-state index in [0.29, 0.717) is 101 Å². The molecule has 0 spiro atoms. The molecule has 0 bridgehead atoms. The highest BCUT2D eigenvalue weighted by molar-refractivity contribution is 7.90.